The molecule has 3 rings (SSSR count). The van der Waals surface area contributed by atoms with Crippen LogP contribution in [0.15, 0.2) is 59.3 Å². The molecule has 2 heterocycles. The van der Waals surface area contributed by atoms with Crippen molar-refractivity contribution in [2.24, 2.45) is 0 Å². The van der Waals surface area contributed by atoms with Gasteiger partial charge in [0.15, 0.2) is 0 Å². The fourth-order valence-corrected chi connectivity index (χ4v) is 4.36. The van der Waals surface area contributed by atoms with E-state index in [2.05, 4.69) is 9.82 Å². The van der Waals surface area contributed by atoms with E-state index in [-0.39, 0.29) is 12.6 Å². The van der Waals surface area contributed by atoms with Crippen molar-refractivity contribution in [1.29, 1.82) is 0 Å². The van der Waals surface area contributed by atoms with Crippen LogP contribution in [-0.4, -0.2) is 24.7 Å². The van der Waals surface area contributed by atoms with Crippen LogP contribution in [-0.2, 0) is 10.0 Å². The van der Waals surface area contributed by atoms with Crippen molar-refractivity contribution >= 4 is 27.4 Å². The Labute approximate surface area is 158 Å². The Morgan fingerprint density at radius 1 is 1.19 bits per heavy atom. The highest BCUT2D eigenvalue weighted by atomic mass is 32.2. The zero-order valence-electron chi connectivity index (χ0n) is 14.7. The standard InChI is InChI=1S/C19H21N3O2S2/c1-15-13-16(2)22(21-15)18(19-9-6-11-25-19)14-20-26(23,24)12-10-17-7-4-3-5-8-17/h3-13,18,20H,14H2,1-2H3/b12-10+/t18-/m1/s1. The third kappa shape index (κ3) is 4.69. The largest absolute Gasteiger partial charge is 0.260 e. The maximum absolute atomic E-state index is 12.4. The Kier molecular flexibility index (Phi) is 5.70. The molecule has 0 spiro atoms. The summed E-state index contributed by atoms with van der Waals surface area (Å²) in [5, 5.41) is 7.72. The molecule has 0 fully saturated rings. The van der Waals surface area contributed by atoms with Gasteiger partial charge < -0.3 is 0 Å². The summed E-state index contributed by atoms with van der Waals surface area (Å²) in [6, 6.07) is 15.1. The summed E-state index contributed by atoms with van der Waals surface area (Å²) in [5.41, 5.74) is 2.75. The lowest BCUT2D eigenvalue weighted by Gasteiger charge is -2.18. The number of thiophene rings is 1. The Morgan fingerprint density at radius 3 is 2.58 bits per heavy atom. The van der Waals surface area contributed by atoms with Gasteiger partial charge in [0.05, 0.1) is 11.7 Å². The number of aromatic nitrogens is 2. The predicted octanol–water partition coefficient (Wildman–Crippen LogP) is 3.74. The molecule has 136 valence electrons. The van der Waals surface area contributed by atoms with Gasteiger partial charge in [0.2, 0.25) is 10.0 Å². The number of nitrogens with one attached hydrogen (secondary N) is 1. The normalized spacial score (nSPS) is 13.3. The molecule has 5 nitrogen and oxygen atoms in total. The van der Waals surface area contributed by atoms with Gasteiger partial charge in [-0.05, 0) is 43.0 Å². The van der Waals surface area contributed by atoms with E-state index < -0.39 is 10.0 Å². The molecule has 0 saturated heterocycles. The highest BCUT2D eigenvalue weighted by Crippen LogP contribution is 2.24. The van der Waals surface area contributed by atoms with Gasteiger partial charge in [-0.3, -0.25) is 4.68 Å². The lowest BCUT2D eigenvalue weighted by molar-refractivity contribution is 0.502. The molecule has 1 aromatic carbocycles. The minimum absolute atomic E-state index is 0.177. The predicted molar refractivity (Wildman–Crippen MR) is 107 cm³/mol. The summed E-state index contributed by atoms with van der Waals surface area (Å²) in [4.78, 5) is 1.06. The summed E-state index contributed by atoms with van der Waals surface area (Å²) in [7, 11) is -3.55. The van der Waals surface area contributed by atoms with Crippen LogP contribution in [0.2, 0.25) is 0 Å². The molecule has 1 atom stereocenters. The van der Waals surface area contributed by atoms with E-state index in [9.17, 15) is 8.42 Å². The number of benzene rings is 1. The number of hydrogen-bond donors (Lipinski definition) is 1. The molecule has 1 N–H and O–H groups in total. The highest BCUT2D eigenvalue weighted by Gasteiger charge is 2.20. The minimum Gasteiger partial charge on any atom is -0.260 e. The van der Waals surface area contributed by atoms with E-state index in [1.807, 2.05) is 72.4 Å². The van der Waals surface area contributed by atoms with Gasteiger partial charge in [0, 0.05) is 22.5 Å². The fraction of sp³-hybridized carbons (Fsp3) is 0.211. The van der Waals surface area contributed by atoms with Gasteiger partial charge in [-0.15, -0.1) is 11.3 Å². The third-order valence-electron chi connectivity index (χ3n) is 3.93. The molecule has 0 unspecified atom stereocenters. The summed E-state index contributed by atoms with van der Waals surface area (Å²) < 4.78 is 29.3. The molecule has 0 aliphatic rings. The molecule has 0 bridgehead atoms. The summed E-state index contributed by atoms with van der Waals surface area (Å²) >= 11 is 1.59. The molecule has 0 amide bonds. The van der Waals surface area contributed by atoms with Gasteiger partial charge in [-0.2, -0.15) is 5.10 Å². The van der Waals surface area contributed by atoms with Crippen LogP contribution in [0.3, 0.4) is 0 Å². The Balaban J connectivity index is 1.77. The number of sulfonamides is 1. The van der Waals surface area contributed by atoms with Crippen molar-refractivity contribution in [2.75, 3.05) is 6.54 Å². The molecular weight excluding hydrogens is 366 g/mol. The van der Waals surface area contributed by atoms with Crippen LogP contribution in [0.5, 0.6) is 0 Å². The lowest BCUT2D eigenvalue weighted by Crippen LogP contribution is -2.30. The minimum atomic E-state index is -3.55. The molecule has 26 heavy (non-hydrogen) atoms. The SMILES string of the molecule is Cc1cc(C)n([C@H](CNS(=O)(=O)/C=C/c2ccccc2)c2cccs2)n1. The zero-order chi connectivity index (χ0) is 18.6. The molecular formula is C19H21N3O2S2. The first-order valence-electron chi connectivity index (χ1n) is 8.23. The second-order valence-corrected chi connectivity index (χ2v) is 8.64. The van der Waals surface area contributed by atoms with E-state index >= 15 is 0 Å². The molecule has 0 saturated carbocycles. The number of nitrogens with zero attached hydrogens (tertiary/aromatic N) is 2. The monoisotopic (exact) mass is 387 g/mol. The van der Waals surface area contributed by atoms with Crippen molar-refractivity contribution in [1.82, 2.24) is 14.5 Å². The van der Waals surface area contributed by atoms with E-state index in [1.54, 1.807) is 17.4 Å². The van der Waals surface area contributed by atoms with Crippen LogP contribution in [0, 0.1) is 13.8 Å². The average Bonchev–Trinajstić information content (AvgIpc) is 3.25. The molecule has 0 aliphatic carbocycles. The number of hydrogen-bond acceptors (Lipinski definition) is 4. The Bertz CT molecular complexity index is 975. The van der Waals surface area contributed by atoms with Crippen LogP contribution in [0.1, 0.15) is 27.9 Å². The quantitative estimate of drug-likeness (QED) is 0.672. The van der Waals surface area contributed by atoms with Gasteiger partial charge in [-0.1, -0.05) is 36.4 Å². The smallest absolute Gasteiger partial charge is 0.233 e. The lowest BCUT2D eigenvalue weighted by atomic mass is 10.2. The van der Waals surface area contributed by atoms with E-state index in [4.69, 9.17) is 0 Å². The van der Waals surface area contributed by atoms with Gasteiger partial charge in [0.25, 0.3) is 0 Å². The molecule has 0 aliphatic heterocycles. The van der Waals surface area contributed by atoms with Gasteiger partial charge in [0.1, 0.15) is 0 Å². The van der Waals surface area contributed by atoms with Crippen molar-refractivity contribution in [3.63, 3.8) is 0 Å². The van der Waals surface area contributed by atoms with Crippen molar-refractivity contribution in [3.8, 4) is 0 Å². The summed E-state index contributed by atoms with van der Waals surface area (Å²) in [5.74, 6) is 0. The second-order valence-electron chi connectivity index (χ2n) is 6.01. The average molecular weight is 388 g/mol. The highest BCUT2D eigenvalue weighted by molar-refractivity contribution is 7.92. The second kappa shape index (κ2) is 7.99. The van der Waals surface area contributed by atoms with E-state index in [1.165, 1.54) is 5.41 Å². The maximum Gasteiger partial charge on any atom is 0.233 e. The third-order valence-corrected chi connectivity index (χ3v) is 5.97. The fourth-order valence-electron chi connectivity index (χ4n) is 2.73. The van der Waals surface area contributed by atoms with Gasteiger partial charge >= 0.3 is 0 Å². The van der Waals surface area contributed by atoms with Crippen LogP contribution in [0.4, 0.5) is 0 Å². The first kappa shape index (κ1) is 18.6. The molecule has 2 aromatic heterocycles. The van der Waals surface area contributed by atoms with Crippen LogP contribution >= 0.6 is 11.3 Å². The van der Waals surface area contributed by atoms with Crippen molar-refractivity contribution < 1.29 is 8.42 Å². The van der Waals surface area contributed by atoms with Crippen molar-refractivity contribution in [2.45, 2.75) is 19.9 Å². The van der Waals surface area contributed by atoms with E-state index in [0.717, 1.165) is 21.8 Å². The van der Waals surface area contributed by atoms with Crippen LogP contribution < -0.4 is 4.72 Å². The zero-order valence-corrected chi connectivity index (χ0v) is 16.3. The first-order chi connectivity index (χ1) is 12.4. The van der Waals surface area contributed by atoms with E-state index in [0.29, 0.717) is 0 Å². The number of aryl methyl sites for hydroxylation is 2. The maximum atomic E-state index is 12.4. The van der Waals surface area contributed by atoms with Gasteiger partial charge in [-0.25, -0.2) is 13.1 Å². The number of rotatable bonds is 7. The Morgan fingerprint density at radius 2 is 1.96 bits per heavy atom. The van der Waals surface area contributed by atoms with Crippen LogP contribution in [0.25, 0.3) is 6.08 Å². The topological polar surface area (TPSA) is 64.0 Å². The molecule has 7 heteroatoms. The molecule has 3 aromatic rings. The summed E-state index contributed by atoms with van der Waals surface area (Å²) in [6.45, 7) is 4.15. The Hall–Kier alpha value is -2.22. The molecule has 0 radical (unpaired) electrons. The first-order valence-corrected chi connectivity index (χ1v) is 10.7. The summed E-state index contributed by atoms with van der Waals surface area (Å²) in [6.07, 6.45) is 1.59. The van der Waals surface area contributed by atoms with Crippen molar-refractivity contribution in [3.05, 3.63) is 81.1 Å².